The number of carbonyl (C=O) groups excluding carboxylic acids is 3. The number of carbonyl (C=O) groups is 3. The summed E-state index contributed by atoms with van der Waals surface area (Å²) in [4.78, 5) is 46.6. The van der Waals surface area contributed by atoms with Gasteiger partial charge in [-0.3, -0.25) is 14.5 Å². The zero-order valence-corrected chi connectivity index (χ0v) is 24.5. The Hall–Kier alpha value is -2.98. The number of aryl methyl sites for hydroxylation is 1. The second-order valence-electron chi connectivity index (χ2n) is 11.4. The standard InChI is InChI=1S/C28H40ClN5O5/c1-19-16-33(21(15-29)17-34(19)27(37)39-28(2,3)4)18-25(35)31-9-11-32(12-10-31)26(36)24-13-20-7-8-22(38-6)14-23(20)30(24)5/h7-8,13-14,19,21H,9-12,15-18H2,1-6H3. The van der Waals surface area contributed by atoms with Gasteiger partial charge in [-0.2, -0.15) is 0 Å². The molecule has 2 atom stereocenters. The number of halogens is 1. The molecule has 3 amide bonds. The van der Waals surface area contributed by atoms with Gasteiger partial charge in [0.15, 0.2) is 0 Å². The van der Waals surface area contributed by atoms with Crippen LogP contribution in [0.5, 0.6) is 5.75 Å². The highest BCUT2D eigenvalue weighted by Gasteiger charge is 2.37. The van der Waals surface area contributed by atoms with E-state index in [4.69, 9.17) is 21.1 Å². The third-order valence-electron chi connectivity index (χ3n) is 7.49. The lowest BCUT2D eigenvalue weighted by atomic mass is 10.1. The molecule has 11 heteroatoms. The van der Waals surface area contributed by atoms with Crippen molar-refractivity contribution in [1.82, 2.24) is 24.2 Å². The van der Waals surface area contributed by atoms with E-state index in [1.807, 2.05) is 68.5 Å². The Morgan fingerprint density at radius 2 is 1.69 bits per heavy atom. The number of fused-ring (bicyclic) bond motifs is 1. The van der Waals surface area contributed by atoms with Crippen LogP contribution in [-0.2, 0) is 16.6 Å². The first-order valence-electron chi connectivity index (χ1n) is 13.4. The Balaban J connectivity index is 1.33. The third-order valence-corrected chi connectivity index (χ3v) is 7.85. The Bertz CT molecular complexity index is 1220. The second kappa shape index (κ2) is 11.6. The molecule has 0 bridgehead atoms. The van der Waals surface area contributed by atoms with E-state index >= 15 is 0 Å². The van der Waals surface area contributed by atoms with E-state index in [1.165, 1.54) is 0 Å². The van der Waals surface area contributed by atoms with Crippen molar-refractivity contribution in [2.75, 3.05) is 58.8 Å². The molecule has 0 N–H and O–H groups in total. The third kappa shape index (κ3) is 6.44. The van der Waals surface area contributed by atoms with E-state index < -0.39 is 5.60 Å². The monoisotopic (exact) mass is 561 g/mol. The van der Waals surface area contributed by atoms with E-state index in [9.17, 15) is 14.4 Å². The largest absolute Gasteiger partial charge is 0.497 e. The summed E-state index contributed by atoms with van der Waals surface area (Å²) in [5.41, 5.74) is 0.965. The van der Waals surface area contributed by atoms with E-state index in [1.54, 1.807) is 16.9 Å². The van der Waals surface area contributed by atoms with Gasteiger partial charge in [-0.1, -0.05) is 0 Å². The molecule has 2 unspecified atom stereocenters. The Morgan fingerprint density at radius 3 is 2.31 bits per heavy atom. The average Bonchev–Trinajstić information content (AvgIpc) is 3.22. The first-order valence-corrected chi connectivity index (χ1v) is 14.0. The number of ether oxygens (including phenoxy) is 2. The summed E-state index contributed by atoms with van der Waals surface area (Å²) in [6, 6.07) is 7.40. The fourth-order valence-corrected chi connectivity index (χ4v) is 5.55. The zero-order valence-electron chi connectivity index (χ0n) is 23.8. The minimum atomic E-state index is -0.578. The van der Waals surface area contributed by atoms with Crippen LogP contribution in [0.15, 0.2) is 24.3 Å². The van der Waals surface area contributed by atoms with E-state index in [0.29, 0.717) is 50.8 Å². The average molecular weight is 562 g/mol. The first-order chi connectivity index (χ1) is 18.4. The fourth-order valence-electron chi connectivity index (χ4n) is 5.26. The summed E-state index contributed by atoms with van der Waals surface area (Å²) >= 11 is 6.27. The molecule has 0 saturated carbocycles. The predicted molar refractivity (Wildman–Crippen MR) is 150 cm³/mol. The normalized spacial score (nSPS) is 20.8. The number of hydrogen-bond acceptors (Lipinski definition) is 6. The van der Waals surface area contributed by atoms with Crippen LogP contribution < -0.4 is 4.74 Å². The van der Waals surface area contributed by atoms with Crippen molar-refractivity contribution < 1.29 is 23.9 Å². The Kier molecular flexibility index (Phi) is 8.66. The summed E-state index contributed by atoms with van der Waals surface area (Å²) in [7, 11) is 3.50. The van der Waals surface area contributed by atoms with Crippen LogP contribution in [0, 0.1) is 0 Å². The van der Waals surface area contributed by atoms with Crippen LogP contribution in [-0.4, -0.2) is 119 Å². The van der Waals surface area contributed by atoms with E-state index in [2.05, 4.69) is 4.90 Å². The molecule has 2 aliphatic rings. The molecule has 4 rings (SSSR count). The highest BCUT2D eigenvalue weighted by molar-refractivity contribution is 6.18. The topological polar surface area (TPSA) is 87.6 Å². The van der Waals surface area contributed by atoms with Gasteiger partial charge in [0.05, 0.1) is 19.2 Å². The highest BCUT2D eigenvalue weighted by Crippen LogP contribution is 2.25. The summed E-state index contributed by atoms with van der Waals surface area (Å²) in [5.74, 6) is 1.01. The fraction of sp³-hybridized carbons (Fsp3) is 0.607. The number of methoxy groups -OCH3 is 1. The molecule has 2 saturated heterocycles. The van der Waals surface area contributed by atoms with Gasteiger partial charge in [0.2, 0.25) is 5.91 Å². The summed E-state index contributed by atoms with van der Waals surface area (Å²) in [6.45, 7) is 10.5. The summed E-state index contributed by atoms with van der Waals surface area (Å²) < 4.78 is 12.8. The molecular formula is C28H40ClN5O5. The molecule has 214 valence electrons. The lowest BCUT2D eigenvalue weighted by Crippen LogP contribution is -2.62. The highest BCUT2D eigenvalue weighted by atomic mass is 35.5. The summed E-state index contributed by atoms with van der Waals surface area (Å²) in [6.07, 6.45) is -0.359. The molecule has 1 aromatic heterocycles. The quantitative estimate of drug-likeness (QED) is 0.522. The minimum Gasteiger partial charge on any atom is -0.497 e. The molecule has 0 aliphatic carbocycles. The molecule has 0 radical (unpaired) electrons. The van der Waals surface area contributed by atoms with Crippen molar-refractivity contribution >= 4 is 40.4 Å². The molecule has 3 heterocycles. The molecule has 2 aliphatic heterocycles. The lowest BCUT2D eigenvalue weighted by Gasteiger charge is -2.45. The number of rotatable bonds is 5. The maximum atomic E-state index is 13.3. The van der Waals surface area contributed by atoms with E-state index in [0.717, 1.165) is 16.7 Å². The number of alkyl halides is 1. The first kappa shape index (κ1) is 29.0. The number of nitrogens with zero attached hydrogens (tertiary/aromatic N) is 5. The van der Waals surface area contributed by atoms with Gasteiger partial charge < -0.3 is 28.7 Å². The smallest absolute Gasteiger partial charge is 0.410 e. The van der Waals surface area contributed by atoms with Crippen LogP contribution in [0.1, 0.15) is 38.2 Å². The van der Waals surface area contributed by atoms with E-state index in [-0.39, 0.29) is 36.5 Å². The molecule has 2 aromatic rings. The lowest BCUT2D eigenvalue weighted by molar-refractivity contribution is -0.135. The maximum Gasteiger partial charge on any atom is 0.410 e. The molecule has 2 fully saturated rings. The SMILES string of the molecule is COc1ccc2cc(C(=O)N3CCN(C(=O)CN4CC(C)N(C(=O)OC(C)(C)C)CC4CCl)CC3)n(C)c2c1. The van der Waals surface area contributed by atoms with Crippen LogP contribution >= 0.6 is 11.6 Å². The van der Waals surface area contributed by atoms with Gasteiger partial charge in [0.25, 0.3) is 5.91 Å². The van der Waals surface area contributed by atoms with Crippen LogP contribution in [0.2, 0.25) is 0 Å². The summed E-state index contributed by atoms with van der Waals surface area (Å²) in [5, 5.41) is 0.977. The predicted octanol–water partition coefficient (Wildman–Crippen LogP) is 3.02. The van der Waals surface area contributed by atoms with Crippen molar-refractivity contribution in [3.05, 3.63) is 30.0 Å². The molecule has 1 aromatic carbocycles. The number of piperazine rings is 2. The van der Waals surface area contributed by atoms with Gasteiger partial charge in [-0.15, -0.1) is 11.6 Å². The van der Waals surface area contributed by atoms with Gasteiger partial charge in [0.1, 0.15) is 17.0 Å². The van der Waals surface area contributed by atoms with Gasteiger partial charge in [-0.25, -0.2) is 4.79 Å². The molecule has 39 heavy (non-hydrogen) atoms. The number of benzene rings is 1. The Morgan fingerprint density at radius 1 is 1.03 bits per heavy atom. The number of hydrogen-bond donors (Lipinski definition) is 0. The second-order valence-corrected chi connectivity index (χ2v) is 11.7. The molecular weight excluding hydrogens is 522 g/mol. The number of amides is 3. The van der Waals surface area contributed by atoms with Crippen molar-refractivity contribution in [1.29, 1.82) is 0 Å². The number of aromatic nitrogens is 1. The molecule has 10 nitrogen and oxygen atoms in total. The van der Waals surface area contributed by atoms with Gasteiger partial charge >= 0.3 is 6.09 Å². The van der Waals surface area contributed by atoms with Crippen molar-refractivity contribution in [3.63, 3.8) is 0 Å². The van der Waals surface area contributed by atoms with Crippen LogP contribution in [0.25, 0.3) is 10.9 Å². The van der Waals surface area contributed by atoms with Gasteiger partial charge in [-0.05, 0) is 45.9 Å². The maximum absolute atomic E-state index is 13.3. The Labute approximate surface area is 235 Å². The zero-order chi connectivity index (χ0) is 28.5. The van der Waals surface area contributed by atoms with Crippen LogP contribution in [0.4, 0.5) is 4.79 Å². The minimum absolute atomic E-state index is 0.00633. The van der Waals surface area contributed by atoms with Crippen molar-refractivity contribution in [2.24, 2.45) is 7.05 Å². The van der Waals surface area contributed by atoms with Gasteiger partial charge in [0, 0.05) is 75.7 Å². The van der Waals surface area contributed by atoms with Crippen molar-refractivity contribution in [2.45, 2.75) is 45.4 Å². The molecule has 0 spiro atoms. The van der Waals surface area contributed by atoms with Crippen LogP contribution in [0.3, 0.4) is 0 Å². The van der Waals surface area contributed by atoms with Crippen molar-refractivity contribution in [3.8, 4) is 5.75 Å².